The number of hydrogen-bond acceptors (Lipinski definition) is 3. The van der Waals surface area contributed by atoms with Gasteiger partial charge in [0.25, 0.3) is 0 Å². The van der Waals surface area contributed by atoms with Gasteiger partial charge in [0.2, 0.25) is 0 Å². The zero-order chi connectivity index (χ0) is 50.4. The maximum Gasteiger partial charge on any atom is 0.118 e. The van der Waals surface area contributed by atoms with Crippen molar-refractivity contribution in [2.24, 2.45) is 38.9 Å². The van der Waals surface area contributed by atoms with Gasteiger partial charge < -0.3 is 14.2 Å². The van der Waals surface area contributed by atoms with Crippen LogP contribution < -0.4 is 14.2 Å². The van der Waals surface area contributed by atoms with E-state index in [0.29, 0.717) is 5.41 Å². The molecule has 0 saturated heterocycles. The van der Waals surface area contributed by atoms with Crippen LogP contribution in [0.1, 0.15) is 232 Å². The lowest BCUT2D eigenvalue weighted by Gasteiger charge is -2.51. The molecule has 3 aromatic rings. The molecule has 376 valence electrons. The van der Waals surface area contributed by atoms with Gasteiger partial charge in [-0.25, -0.2) is 0 Å². The molecule has 0 amide bonds. The molecule has 0 N–H and O–H groups in total. The normalized spacial score (nSPS) is 21.7. The number of benzene rings is 3. The first kappa shape index (κ1) is 59.2. The Kier molecular flexibility index (Phi) is 22.0. The highest BCUT2D eigenvalue weighted by Gasteiger charge is 2.48. The van der Waals surface area contributed by atoms with Crippen LogP contribution in [-0.2, 0) is 16.2 Å². The van der Waals surface area contributed by atoms with Crippen LogP contribution >= 0.6 is 0 Å². The van der Waals surface area contributed by atoms with E-state index in [0.717, 1.165) is 35.5 Å². The van der Waals surface area contributed by atoms with Gasteiger partial charge in [0.1, 0.15) is 17.2 Å². The van der Waals surface area contributed by atoms with Crippen molar-refractivity contribution in [3.8, 4) is 17.2 Å². The van der Waals surface area contributed by atoms with E-state index in [9.17, 15) is 0 Å². The predicted molar refractivity (Wildman–Crippen MR) is 291 cm³/mol. The molecule has 66 heavy (non-hydrogen) atoms. The average molecular weight is 912 g/mol. The summed E-state index contributed by atoms with van der Waals surface area (Å²) < 4.78 is 16.6. The van der Waals surface area contributed by atoms with Crippen molar-refractivity contribution >= 4 is 0 Å². The molecule has 0 bridgehead atoms. The molecule has 0 atom stereocenters. The van der Waals surface area contributed by atoms with Crippen LogP contribution in [0.2, 0.25) is 0 Å². The van der Waals surface area contributed by atoms with E-state index in [4.69, 9.17) is 14.2 Å². The van der Waals surface area contributed by atoms with Crippen molar-refractivity contribution < 1.29 is 14.2 Å². The third-order valence-corrected chi connectivity index (χ3v) is 16.2. The smallest absolute Gasteiger partial charge is 0.118 e. The van der Waals surface area contributed by atoms with Gasteiger partial charge in [-0.3, -0.25) is 0 Å². The third kappa shape index (κ3) is 16.1. The standard InChI is InChI=1S/C57H88O3.3C2H6/c1-50(2,38-54(9,10)43-29-33-56(13,34-30-43)45-19-25-48(59-15)26-20-45)37-51(3,4)41-57(46-21-27-49(60-16)28-22-46)35-31-44(32-36-57)55(11,12)40-52(5,6)39-53(7,8)42-17-23-47(58-14)24-18-42;3*1-2/h17-28,43-44H,29-41H2,1-16H3;3*1-2H3. The monoisotopic (exact) mass is 911 g/mol. The molecule has 0 spiro atoms. The summed E-state index contributed by atoms with van der Waals surface area (Å²) >= 11 is 0. The number of hydrogen-bond donors (Lipinski definition) is 0. The first-order valence-electron chi connectivity index (χ1n) is 26.7. The first-order valence-corrected chi connectivity index (χ1v) is 26.7. The molecular formula is C63H106O3. The molecule has 3 aromatic carbocycles. The first-order chi connectivity index (χ1) is 30.8. The van der Waals surface area contributed by atoms with Crippen molar-refractivity contribution in [2.45, 2.75) is 231 Å². The summed E-state index contributed by atoms with van der Waals surface area (Å²) in [5, 5.41) is 0. The van der Waals surface area contributed by atoms with Crippen molar-refractivity contribution in [1.29, 1.82) is 0 Å². The minimum absolute atomic E-state index is 0.0895. The molecule has 3 nitrogen and oxygen atoms in total. The molecule has 0 radical (unpaired) electrons. The van der Waals surface area contributed by atoms with Crippen LogP contribution in [0, 0.1) is 38.9 Å². The Bertz CT molecular complexity index is 1790. The molecule has 0 aliphatic heterocycles. The van der Waals surface area contributed by atoms with Gasteiger partial charge in [-0.1, -0.05) is 168 Å². The molecule has 0 unspecified atom stereocenters. The minimum Gasteiger partial charge on any atom is -0.497 e. The van der Waals surface area contributed by atoms with E-state index in [1.54, 1.807) is 21.3 Å². The molecule has 2 saturated carbocycles. The maximum atomic E-state index is 5.67. The Hall–Kier alpha value is -2.94. The van der Waals surface area contributed by atoms with Crippen molar-refractivity contribution in [1.82, 2.24) is 0 Å². The molecule has 2 fully saturated rings. The Labute approximate surface area is 410 Å². The lowest BCUT2D eigenvalue weighted by atomic mass is 9.53. The fraction of sp³-hybridized carbons (Fsp3) is 0.714. The van der Waals surface area contributed by atoms with E-state index < -0.39 is 0 Å². The zero-order valence-electron chi connectivity index (χ0n) is 47.5. The Morgan fingerprint density at radius 1 is 0.424 bits per heavy atom. The van der Waals surface area contributed by atoms with Crippen LogP contribution in [-0.4, -0.2) is 21.3 Å². The van der Waals surface area contributed by atoms with Crippen molar-refractivity contribution in [3.63, 3.8) is 0 Å². The molecule has 0 heterocycles. The second-order valence-electron chi connectivity index (χ2n) is 24.8. The highest BCUT2D eigenvalue weighted by Crippen LogP contribution is 2.58. The van der Waals surface area contributed by atoms with E-state index in [2.05, 4.69) is 163 Å². The number of methoxy groups -OCH3 is 3. The summed E-state index contributed by atoms with van der Waals surface area (Å²) in [5.41, 5.74) is 6.14. The minimum atomic E-state index is 0.0895. The zero-order valence-corrected chi connectivity index (χ0v) is 47.5. The van der Waals surface area contributed by atoms with Gasteiger partial charge in [0.15, 0.2) is 0 Å². The number of rotatable bonds is 18. The maximum absolute atomic E-state index is 5.67. The SMILES string of the molecule is CC.CC.CC.COc1ccc(C(C)(C)CC(C)(C)CC(C)(C)C2CCC(CC(C)(C)CC(C)(C)CC(C)(C)C3CCC(C)(c4ccc(OC)cc4)CC3)(c3ccc(OC)cc3)CC2)cc1. The van der Waals surface area contributed by atoms with E-state index >= 15 is 0 Å². The van der Waals surface area contributed by atoms with Gasteiger partial charge in [0.05, 0.1) is 21.3 Å². The molecule has 2 aliphatic rings. The van der Waals surface area contributed by atoms with Gasteiger partial charge in [-0.2, -0.15) is 0 Å². The fourth-order valence-electron chi connectivity index (χ4n) is 14.3. The molecule has 2 aliphatic carbocycles. The summed E-state index contributed by atoms with van der Waals surface area (Å²) in [6, 6.07) is 26.9. The summed E-state index contributed by atoms with van der Waals surface area (Å²) in [5.74, 6) is 4.31. The molecule has 3 heteroatoms. The second-order valence-corrected chi connectivity index (χ2v) is 24.8. The quantitative estimate of drug-likeness (QED) is 0.127. The molecule has 5 rings (SSSR count). The molecule has 0 aromatic heterocycles. The van der Waals surface area contributed by atoms with Gasteiger partial charge >= 0.3 is 0 Å². The average Bonchev–Trinajstić information content (AvgIpc) is 3.27. The van der Waals surface area contributed by atoms with Gasteiger partial charge in [-0.05, 0) is 192 Å². The summed E-state index contributed by atoms with van der Waals surface area (Å²) in [4.78, 5) is 0. The Morgan fingerprint density at radius 3 is 1.14 bits per heavy atom. The van der Waals surface area contributed by atoms with Crippen LogP contribution in [0.4, 0.5) is 0 Å². The summed E-state index contributed by atoms with van der Waals surface area (Å²) in [7, 11) is 5.30. The van der Waals surface area contributed by atoms with E-state index in [1.807, 2.05) is 41.5 Å². The predicted octanol–water partition coefficient (Wildman–Crippen LogP) is 19.4. The number of ether oxygens (including phenoxy) is 3. The highest BCUT2D eigenvalue weighted by atomic mass is 16.5. The summed E-state index contributed by atoms with van der Waals surface area (Å²) in [6.45, 7) is 45.1. The van der Waals surface area contributed by atoms with Crippen molar-refractivity contribution in [3.05, 3.63) is 89.5 Å². The lowest BCUT2D eigenvalue weighted by Crippen LogP contribution is -2.42. The van der Waals surface area contributed by atoms with E-state index in [-0.39, 0.29) is 37.9 Å². The lowest BCUT2D eigenvalue weighted by molar-refractivity contribution is 0.0291. The fourth-order valence-corrected chi connectivity index (χ4v) is 14.3. The molecular weight excluding hydrogens is 805 g/mol. The van der Waals surface area contributed by atoms with Crippen LogP contribution in [0.5, 0.6) is 17.2 Å². The highest BCUT2D eigenvalue weighted by molar-refractivity contribution is 5.35. The topological polar surface area (TPSA) is 27.7 Å². The van der Waals surface area contributed by atoms with Crippen LogP contribution in [0.3, 0.4) is 0 Å². The van der Waals surface area contributed by atoms with Crippen LogP contribution in [0.25, 0.3) is 0 Å². The summed E-state index contributed by atoms with van der Waals surface area (Å²) in [6.07, 6.45) is 16.4. The van der Waals surface area contributed by atoms with Gasteiger partial charge in [-0.15, -0.1) is 0 Å². The van der Waals surface area contributed by atoms with Crippen LogP contribution in [0.15, 0.2) is 72.8 Å². The third-order valence-electron chi connectivity index (χ3n) is 16.2. The second kappa shape index (κ2) is 24.6. The largest absolute Gasteiger partial charge is 0.497 e. The Morgan fingerprint density at radius 2 is 0.758 bits per heavy atom. The van der Waals surface area contributed by atoms with Crippen molar-refractivity contribution in [2.75, 3.05) is 21.3 Å². The van der Waals surface area contributed by atoms with E-state index in [1.165, 1.54) is 93.7 Å². The van der Waals surface area contributed by atoms with Gasteiger partial charge in [0, 0.05) is 0 Å². The Balaban J connectivity index is 0.00000239.